The molecule has 0 saturated heterocycles. The van der Waals surface area contributed by atoms with Crippen molar-refractivity contribution in [1.82, 2.24) is 5.32 Å². The van der Waals surface area contributed by atoms with E-state index in [-0.39, 0.29) is 10.8 Å². The lowest BCUT2D eigenvalue weighted by Gasteiger charge is -2.32. The molecule has 1 aliphatic rings. The molecule has 1 heterocycles. The van der Waals surface area contributed by atoms with E-state index in [0.29, 0.717) is 12.1 Å². The van der Waals surface area contributed by atoms with Gasteiger partial charge in [-0.15, -0.1) is 0 Å². The van der Waals surface area contributed by atoms with Crippen LogP contribution in [0.2, 0.25) is 0 Å². The summed E-state index contributed by atoms with van der Waals surface area (Å²) in [7, 11) is -3.36. The van der Waals surface area contributed by atoms with Crippen molar-refractivity contribution in [3.8, 4) is 0 Å². The number of amides is 1. The molecule has 1 N–H and O–H groups in total. The highest BCUT2D eigenvalue weighted by atomic mass is 32.2. The molecule has 5 nitrogen and oxygen atoms in total. The second kappa shape index (κ2) is 8.77. The van der Waals surface area contributed by atoms with E-state index in [1.807, 2.05) is 24.3 Å². The van der Waals surface area contributed by atoms with Gasteiger partial charge in [0.05, 0.1) is 16.3 Å². The van der Waals surface area contributed by atoms with Crippen LogP contribution >= 0.6 is 11.8 Å². The number of nitrogens with zero attached hydrogens (tertiary/aromatic N) is 1. The smallest absolute Gasteiger partial charge is 0.251 e. The van der Waals surface area contributed by atoms with Gasteiger partial charge in [0.2, 0.25) is 0 Å². The number of rotatable bonds is 6. The van der Waals surface area contributed by atoms with Crippen molar-refractivity contribution in [2.45, 2.75) is 28.0 Å². The number of anilines is 2. The minimum absolute atomic E-state index is 0.155. The topological polar surface area (TPSA) is 66.5 Å². The van der Waals surface area contributed by atoms with Gasteiger partial charge in [-0.2, -0.15) is 0 Å². The molecule has 7 heteroatoms. The van der Waals surface area contributed by atoms with Crippen molar-refractivity contribution in [3.63, 3.8) is 0 Å². The van der Waals surface area contributed by atoms with Crippen molar-refractivity contribution >= 4 is 38.9 Å². The summed E-state index contributed by atoms with van der Waals surface area (Å²) in [6.45, 7) is 3.06. The molecule has 0 saturated carbocycles. The molecule has 0 atom stereocenters. The van der Waals surface area contributed by atoms with Crippen LogP contribution in [0.3, 0.4) is 0 Å². The fourth-order valence-corrected chi connectivity index (χ4v) is 5.38. The van der Waals surface area contributed by atoms with Gasteiger partial charge in [-0.3, -0.25) is 4.79 Å². The quantitative estimate of drug-likeness (QED) is 0.543. The monoisotopic (exact) mass is 452 g/mol. The first-order chi connectivity index (χ1) is 14.8. The van der Waals surface area contributed by atoms with Gasteiger partial charge in [-0.05, 0) is 55.3 Å². The summed E-state index contributed by atoms with van der Waals surface area (Å²) in [5, 5.41) is 2.94. The van der Waals surface area contributed by atoms with E-state index in [4.69, 9.17) is 0 Å². The molecule has 0 radical (unpaired) electrons. The lowest BCUT2D eigenvalue weighted by atomic mass is 10.1. The number of para-hydroxylation sites is 2. The average Bonchev–Trinajstić information content (AvgIpc) is 2.75. The highest BCUT2D eigenvalue weighted by Gasteiger charge is 2.22. The van der Waals surface area contributed by atoms with E-state index in [9.17, 15) is 13.2 Å². The molecule has 3 aromatic rings. The Bertz CT molecular complexity index is 1190. The Kier molecular flexibility index (Phi) is 6.07. The van der Waals surface area contributed by atoms with E-state index in [1.54, 1.807) is 24.8 Å². The fourth-order valence-electron chi connectivity index (χ4n) is 3.63. The summed E-state index contributed by atoms with van der Waals surface area (Å²) in [5.41, 5.74) is 3.50. The predicted molar refractivity (Wildman–Crippen MR) is 125 cm³/mol. The zero-order valence-electron chi connectivity index (χ0n) is 17.5. The molecule has 1 aliphatic heterocycles. The maximum Gasteiger partial charge on any atom is 0.251 e. The number of carbonyl (C=O) groups is 1. The van der Waals surface area contributed by atoms with Crippen LogP contribution in [-0.2, 0) is 9.84 Å². The van der Waals surface area contributed by atoms with Crippen LogP contribution in [0.1, 0.15) is 22.3 Å². The first kappa shape index (κ1) is 21.5. The Morgan fingerprint density at radius 2 is 1.58 bits per heavy atom. The van der Waals surface area contributed by atoms with Gasteiger partial charge < -0.3 is 10.2 Å². The zero-order chi connectivity index (χ0) is 22.0. The summed E-state index contributed by atoms with van der Waals surface area (Å²) in [6.07, 6.45) is 1.90. The van der Waals surface area contributed by atoms with Crippen LogP contribution in [0.5, 0.6) is 0 Å². The number of carbonyl (C=O) groups excluding carboxylic acids is 1. The second-order valence-electron chi connectivity index (χ2n) is 7.55. The number of hydrogen-bond donors (Lipinski definition) is 1. The van der Waals surface area contributed by atoms with Crippen molar-refractivity contribution in [2.75, 3.05) is 24.2 Å². The maximum absolute atomic E-state index is 12.7. The molecule has 0 fully saturated rings. The number of nitrogens with one attached hydrogen (secondary N) is 1. The zero-order valence-corrected chi connectivity index (χ0v) is 19.1. The Hall–Kier alpha value is -2.77. The molecule has 0 aromatic heterocycles. The number of benzene rings is 3. The Morgan fingerprint density at radius 3 is 2.19 bits per heavy atom. The van der Waals surface area contributed by atoms with Crippen LogP contribution in [0.4, 0.5) is 11.4 Å². The van der Waals surface area contributed by atoms with E-state index in [0.717, 1.165) is 24.8 Å². The molecule has 160 valence electrons. The van der Waals surface area contributed by atoms with E-state index in [2.05, 4.69) is 34.5 Å². The lowest BCUT2D eigenvalue weighted by molar-refractivity contribution is 0.0952. The third-order valence-corrected chi connectivity index (χ3v) is 7.50. The van der Waals surface area contributed by atoms with Gasteiger partial charge in [-0.1, -0.05) is 42.1 Å². The van der Waals surface area contributed by atoms with Crippen molar-refractivity contribution in [2.24, 2.45) is 0 Å². The van der Waals surface area contributed by atoms with Crippen LogP contribution in [-0.4, -0.2) is 33.7 Å². The summed E-state index contributed by atoms with van der Waals surface area (Å²) in [5.74, 6) is -0.252. The van der Waals surface area contributed by atoms with E-state index < -0.39 is 9.84 Å². The Morgan fingerprint density at radius 1 is 0.968 bits per heavy atom. The molecule has 3 aromatic carbocycles. The third-order valence-electron chi connectivity index (χ3n) is 5.26. The first-order valence-electron chi connectivity index (χ1n) is 10.1. The highest BCUT2D eigenvalue weighted by molar-refractivity contribution is 7.99. The van der Waals surface area contributed by atoms with Crippen LogP contribution in [0, 0.1) is 6.92 Å². The molecular formula is C24H24N2O3S2. The molecular weight excluding hydrogens is 428 g/mol. The number of fused-ring (bicyclic) bond motifs is 2. The number of aryl methyl sites for hydroxylation is 1. The first-order valence-corrected chi connectivity index (χ1v) is 12.8. The van der Waals surface area contributed by atoms with Crippen molar-refractivity contribution in [1.29, 1.82) is 0 Å². The standard InChI is InChI=1S/C24H24N2O3S2/c1-17-12-13-18(31(2,28)29)16-19(17)24(27)25-14-7-15-26-20-8-3-5-10-22(20)30-23-11-6-4-9-21(23)26/h3-6,8-13,16H,7,14-15H2,1-2H3,(H,25,27). The van der Waals surface area contributed by atoms with Gasteiger partial charge in [0.1, 0.15) is 0 Å². The minimum Gasteiger partial charge on any atom is -0.352 e. The summed E-state index contributed by atoms with van der Waals surface area (Å²) in [6, 6.07) is 21.3. The van der Waals surface area contributed by atoms with Crippen molar-refractivity contribution in [3.05, 3.63) is 77.9 Å². The van der Waals surface area contributed by atoms with E-state index in [1.165, 1.54) is 33.3 Å². The molecule has 1 amide bonds. The molecule has 0 unspecified atom stereocenters. The molecule has 31 heavy (non-hydrogen) atoms. The van der Waals surface area contributed by atoms with E-state index >= 15 is 0 Å². The lowest BCUT2D eigenvalue weighted by Crippen LogP contribution is -2.29. The maximum atomic E-state index is 12.7. The van der Waals surface area contributed by atoms with Gasteiger partial charge in [-0.25, -0.2) is 8.42 Å². The third kappa shape index (κ3) is 4.62. The molecule has 0 aliphatic carbocycles. The molecule has 0 bridgehead atoms. The Balaban J connectivity index is 1.44. The predicted octanol–water partition coefficient (Wildman–Crippen LogP) is 4.82. The van der Waals surface area contributed by atoms with Crippen LogP contribution < -0.4 is 10.2 Å². The molecule has 4 rings (SSSR count). The van der Waals surface area contributed by atoms with Gasteiger partial charge >= 0.3 is 0 Å². The summed E-state index contributed by atoms with van der Waals surface area (Å²) < 4.78 is 23.6. The Labute approximate surface area is 187 Å². The molecule has 0 spiro atoms. The highest BCUT2D eigenvalue weighted by Crippen LogP contribution is 2.47. The van der Waals surface area contributed by atoms with Gasteiger partial charge in [0.25, 0.3) is 5.91 Å². The second-order valence-corrected chi connectivity index (χ2v) is 10.6. The SMILES string of the molecule is Cc1ccc(S(C)(=O)=O)cc1C(=O)NCCCN1c2ccccc2Sc2ccccc21. The number of hydrogen-bond acceptors (Lipinski definition) is 5. The van der Waals surface area contributed by atoms with Crippen LogP contribution in [0.15, 0.2) is 81.4 Å². The largest absolute Gasteiger partial charge is 0.352 e. The van der Waals surface area contributed by atoms with Gasteiger partial charge in [0.15, 0.2) is 9.84 Å². The van der Waals surface area contributed by atoms with Gasteiger partial charge in [0, 0.05) is 34.7 Å². The summed E-state index contributed by atoms with van der Waals surface area (Å²) in [4.78, 5) is 17.6. The number of sulfone groups is 1. The van der Waals surface area contributed by atoms with Crippen molar-refractivity contribution < 1.29 is 13.2 Å². The normalized spacial score (nSPS) is 12.8. The van der Waals surface area contributed by atoms with Crippen LogP contribution in [0.25, 0.3) is 0 Å². The minimum atomic E-state index is -3.36. The fraction of sp³-hybridized carbons (Fsp3) is 0.208. The summed E-state index contributed by atoms with van der Waals surface area (Å²) >= 11 is 1.77. The average molecular weight is 453 g/mol.